The van der Waals surface area contributed by atoms with Crippen molar-refractivity contribution in [2.75, 3.05) is 0 Å². The second kappa shape index (κ2) is 7.25. The molecule has 0 saturated heterocycles. The first kappa shape index (κ1) is 14.8. The van der Waals surface area contributed by atoms with Crippen LogP contribution in [0.15, 0.2) is 18.2 Å². The fourth-order valence-corrected chi connectivity index (χ4v) is 3.23. The predicted octanol–water partition coefficient (Wildman–Crippen LogP) is 4.71. The van der Waals surface area contributed by atoms with E-state index in [9.17, 15) is 4.39 Å². The Morgan fingerprint density at radius 3 is 2.47 bits per heavy atom. The fraction of sp³-hybridized carbons (Fsp3) is 0.625. The van der Waals surface area contributed by atoms with Crippen molar-refractivity contribution in [3.05, 3.63) is 34.6 Å². The van der Waals surface area contributed by atoms with Crippen LogP contribution < -0.4 is 5.73 Å². The first-order valence-corrected chi connectivity index (χ1v) is 7.74. The van der Waals surface area contributed by atoms with Crippen LogP contribution in [0.3, 0.4) is 0 Å². The smallest absolute Gasteiger partial charge is 0.123 e. The molecule has 0 bridgehead atoms. The van der Waals surface area contributed by atoms with Crippen LogP contribution in [-0.4, -0.2) is 6.04 Å². The van der Waals surface area contributed by atoms with Gasteiger partial charge in [-0.1, -0.05) is 43.7 Å². The monoisotopic (exact) mass is 283 g/mol. The molecule has 1 aromatic carbocycles. The maximum atomic E-state index is 13.3. The molecular formula is C16H23ClFN. The minimum Gasteiger partial charge on any atom is -0.327 e. The van der Waals surface area contributed by atoms with Crippen molar-refractivity contribution in [2.24, 2.45) is 11.7 Å². The van der Waals surface area contributed by atoms with Gasteiger partial charge in [0.15, 0.2) is 0 Å². The first-order valence-electron chi connectivity index (χ1n) is 7.36. The SMILES string of the molecule is NC(Cc1cc(F)ccc1Cl)C1CCCCCCC1. The van der Waals surface area contributed by atoms with Crippen molar-refractivity contribution in [1.29, 1.82) is 0 Å². The molecule has 1 aromatic rings. The number of rotatable bonds is 3. The normalized spacial score (nSPS) is 19.7. The summed E-state index contributed by atoms with van der Waals surface area (Å²) in [4.78, 5) is 0. The van der Waals surface area contributed by atoms with Crippen LogP contribution in [0.1, 0.15) is 50.5 Å². The topological polar surface area (TPSA) is 26.0 Å². The quantitative estimate of drug-likeness (QED) is 0.854. The zero-order valence-corrected chi connectivity index (χ0v) is 12.1. The van der Waals surface area contributed by atoms with Crippen LogP contribution in [-0.2, 0) is 6.42 Å². The van der Waals surface area contributed by atoms with Crippen molar-refractivity contribution < 1.29 is 4.39 Å². The Balaban J connectivity index is 1.98. The van der Waals surface area contributed by atoms with Gasteiger partial charge in [0.05, 0.1) is 0 Å². The van der Waals surface area contributed by atoms with Crippen molar-refractivity contribution >= 4 is 11.6 Å². The summed E-state index contributed by atoms with van der Waals surface area (Å²) >= 11 is 6.12. The van der Waals surface area contributed by atoms with E-state index in [4.69, 9.17) is 17.3 Å². The molecule has 0 heterocycles. The predicted molar refractivity (Wildman–Crippen MR) is 78.9 cm³/mol. The van der Waals surface area contributed by atoms with Gasteiger partial charge >= 0.3 is 0 Å². The summed E-state index contributed by atoms with van der Waals surface area (Å²) in [6, 6.07) is 4.63. The average molecular weight is 284 g/mol. The molecule has 1 nitrogen and oxygen atoms in total. The molecule has 0 aliphatic heterocycles. The molecule has 2 N–H and O–H groups in total. The van der Waals surface area contributed by atoms with E-state index < -0.39 is 0 Å². The lowest BCUT2D eigenvalue weighted by molar-refractivity contribution is 0.322. The number of hydrogen-bond donors (Lipinski definition) is 1. The molecule has 0 spiro atoms. The van der Waals surface area contributed by atoms with Crippen LogP contribution in [0, 0.1) is 11.7 Å². The maximum Gasteiger partial charge on any atom is 0.123 e. The van der Waals surface area contributed by atoms with Crippen molar-refractivity contribution in [2.45, 2.75) is 57.4 Å². The lowest BCUT2D eigenvalue weighted by atomic mass is 9.84. The standard InChI is InChI=1S/C16H23ClFN/c17-15-9-8-14(18)10-13(15)11-16(19)12-6-4-2-1-3-5-7-12/h8-10,12,16H,1-7,11,19H2. The minimum atomic E-state index is -0.232. The summed E-state index contributed by atoms with van der Waals surface area (Å²) in [6.07, 6.45) is 9.64. The number of benzene rings is 1. The third kappa shape index (κ3) is 4.47. The van der Waals surface area contributed by atoms with Crippen LogP contribution in [0.5, 0.6) is 0 Å². The minimum absolute atomic E-state index is 0.0948. The highest BCUT2D eigenvalue weighted by molar-refractivity contribution is 6.31. The first-order chi connectivity index (χ1) is 9.16. The molecule has 2 rings (SSSR count). The summed E-state index contributed by atoms with van der Waals surface area (Å²) < 4.78 is 13.3. The summed E-state index contributed by atoms with van der Waals surface area (Å²) in [5.41, 5.74) is 7.18. The second-order valence-electron chi connectivity index (χ2n) is 5.71. The average Bonchev–Trinajstić information content (AvgIpc) is 2.33. The van der Waals surface area contributed by atoms with Gasteiger partial charge in [-0.15, -0.1) is 0 Å². The van der Waals surface area contributed by atoms with Gasteiger partial charge in [-0.3, -0.25) is 0 Å². The number of hydrogen-bond acceptors (Lipinski definition) is 1. The second-order valence-corrected chi connectivity index (χ2v) is 6.12. The third-order valence-corrected chi connectivity index (χ3v) is 4.59. The van der Waals surface area contributed by atoms with Gasteiger partial charge < -0.3 is 5.73 Å². The molecule has 1 unspecified atom stereocenters. The lowest BCUT2D eigenvalue weighted by Crippen LogP contribution is -2.33. The number of halogens is 2. The van der Waals surface area contributed by atoms with Crippen LogP contribution in [0.4, 0.5) is 4.39 Å². The Kier molecular flexibility index (Phi) is 5.65. The van der Waals surface area contributed by atoms with E-state index in [1.807, 2.05) is 0 Å². The van der Waals surface area contributed by atoms with Crippen LogP contribution >= 0.6 is 11.6 Å². The van der Waals surface area contributed by atoms with E-state index in [1.54, 1.807) is 6.07 Å². The van der Waals surface area contributed by atoms with E-state index in [0.717, 1.165) is 5.56 Å². The molecule has 0 aromatic heterocycles. The Morgan fingerprint density at radius 2 is 1.79 bits per heavy atom. The van der Waals surface area contributed by atoms with Crippen molar-refractivity contribution in [1.82, 2.24) is 0 Å². The molecule has 1 aliphatic carbocycles. The summed E-state index contributed by atoms with van der Waals surface area (Å²) in [5, 5.41) is 0.627. The highest BCUT2D eigenvalue weighted by Gasteiger charge is 2.20. The van der Waals surface area contributed by atoms with Gasteiger partial charge in [0, 0.05) is 11.1 Å². The molecule has 106 valence electrons. The van der Waals surface area contributed by atoms with Crippen molar-refractivity contribution in [3.63, 3.8) is 0 Å². The molecule has 0 radical (unpaired) electrons. The number of nitrogens with two attached hydrogens (primary N) is 1. The van der Waals surface area contributed by atoms with Crippen LogP contribution in [0.25, 0.3) is 0 Å². The molecule has 0 amide bonds. The molecule has 19 heavy (non-hydrogen) atoms. The lowest BCUT2D eigenvalue weighted by Gasteiger charge is -2.26. The molecule has 1 aliphatic rings. The largest absolute Gasteiger partial charge is 0.327 e. The Morgan fingerprint density at radius 1 is 1.16 bits per heavy atom. The van der Waals surface area contributed by atoms with E-state index in [0.29, 0.717) is 17.4 Å². The third-order valence-electron chi connectivity index (χ3n) is 4.22. The van der Waals surface area contributed by atoms with Crippen LogP contribution in [0.2, 0.25) is 5.02 Å². The van der Waals surface area contributed by atoms with E-state index in [1.165, 1.54) is 57.1 Å². The van der Waals surface area contributed by atoms with E-state index in [-0.39, 0.29) is 11.9 Å². The Bertz CT molecular complexity index is 400. The summed E-state index contributed by atoms with van der Waals surface area (Å²) in [7, 11) is 0. The molecule has 3 heteroatoms. The summed E-state index contributed by atoms with van der Waals surface area (Å²) in [6.45, 7) is 0. The van der Waals surface area contributed by atoms with Gasteiger partial charge in [-0.2, -0.15) is 0 Å². The van der Waals surface area contributed by atoms with Gasteiger partial charge in [0.2, 0.25) is 0 Å². The zero-order chi connectivity index (χ0) is 13.7. The molecule has 1 atom stereocenters. The van der Waals surface area contributed by atoms with Gasteiger partial charge in [0.25, 0.3) is 0 Å². The van der Waals surface area contributed by atoms with Gasteiger partial charge in [-0.05, 0) is 48.9 Å². The Labute approximate surface area is 120 Å². The fourth-order valence-electron chi connectivity index (χ4n) is 3.04. The molecular weight excluding hydrogens is 261 g/mol. The molecule has 1 saturated carbocycles. The molecule has 1 fully saturated rings. The van der Waals surface area contributed by atoms with E-state index in [2.05, 4.69) is 0 Å². The zero-order valence-electron chi connectivity index (χ0n) is 11.4. The highest BCUT2D eigenvalue weighted by Crippen LogP contribution is 2.27. The van der Waals surface area contributed by atoms with E-state index >= 15 is 0 Å². The van der Waals surface area contributed by atoms with Crippen molar-refractivity contribution in [3.8, 4) is 0 Å². The highest BCUT2D eigenvalue weighted by atomic mass is 35.5. The van der Waals surface area contributed by atoms with Gasteiger partial charge in [-0.25, -0.2) is 4.39 Å². The van der Waals surface area contributed by atoms with Gasteiger partial charge in [0.1, 0.15) is 5.82 Å². The maximum absolute atomic E-state index is 13.3. The Hall–Kier alpha value is -0.600. The summed E-state index contributed by atoms with van der Waals surface area (Å²) in [5.74, 6) is 0.323.